The molecule has 0 aliphatic heterocycles. The Hall–Kier alpha value is -1.36. The van der Waals surface area contributed by atoms with E-state index in [-0.39, 0.29) is 0 Å². The summed E-state index contributed by atoms with van der Waals surface area (Å²) in [5, 5.41) is 3.19. The minimum absolute atomic E-state index is 0.298. The molecule has 0 saturated heterocycles. The lowest BCUT2D eigenvalue weighted by Gasteiger charge is -2.08. The molecule has 0 amide bonds. The lowest BCUT2D eigenvalue weighted by Crippen LogP contribution is -2.13. The van der Waals surface area contributed by atoms with E-state index in [2.05, 4.69) is 15.3 Å². The zero-order chi connectivity index (χ0) is 11.4. The van der Waals surface area contributed by atoms with E-state index in [1.807, 2.05) is 6.92 Å². The monoisotopic (exact) mass is 222 g/mol. The lowest BCUT2D eigenvalue weighted by molar-refractivity contribution is 0.134. The number of aryl methyl sites for hydroxylation is 1. The van der Waals surface area contributed by atoms with Crippen molar-refractivity contribution < 1.29 is 4.74 Å². The quantitative estimate of drug-likeness (QED) is 0.708. The maximum Gasteiger partial charge on any atom is 0.221 e. The van der Waals surface area contributed by atoms with Gasteiger partial charge in [0, 0.05) is 24.9 Å². The molecule has 1 fully saturated rings. The van der Waals surface area contributed by atoms with Gasteiger partial charge in [0.2, 0.25) is 5.95 Å². The second-order valence-electron chi connectivity index (χ2n) is 4.20. The minimum Gasteiger partial charge on any atom is -0.379 e. The van der Waals surface area contributed by atoms with Gasteiger partial charge < -0.3 is 15.8 Å². The van der Waals surface area contributed by atoms with Gasteiger partial charge in [-0.1, -0.05) is 0 Å². The summed E-state index contributed by atoms with van der Waals surface area (Å²) in [6.45, 7) is 4.31. The van der Waals surface area contributed by atoms with Gasteiger partial charge in [-0.25, -0.2) is 4.98 Å². The number of nitrogens with two attached hydrogens (primary N) is 1. The minimum atomic E-state index is 0.298. The highest BCUT2D eigenvalue weighted by Crippen LogP contribution is 2.28. The third kappa shape index (κ3) is 3.34. The van der Waals surface area contributed by atoms with Crippen LogP contribution in [0.15, 0.2) is 6.20 Å². The topological polar surface area (TPSA) is 73.1 Å². The SMILES string of the molecule is Cc1cnc(N)nc1NCCOCC1CC1. The average Bonchev–Trinajstić information content (AvgIpc) is 3.06. The van der Waals surface area contributed by atoms with Crippen LogP contribution in [0.1, 0.15) is 18.4 Å². The smallest absolute Gasteiger partial charge is 0.221 e. The van der Waals surface area contributed by atoms with Gasteiger partial charge >= 0.3 is 0 Å². The van der Waals surface area contributed by atoms with Crippen LogP contribution < -0.4 is 11.1 Å². The first kappa shape index (κ1) is 11.1. The van der Waals surface area contributed by atoms with E-state index in [1.54, 1.807) is 6.20 Å². The molecule has 5 nitrogen and oxygen atoms in total. The molecule has 1 aromatic rings. The van der Waals surface area contributed by atoms with Crippen molar-refractivity contribution in [1.82, 2.24) is 9.97 Å². The van der Waals surface area contributed by atoms with Crippen molar-refractivity contribution in [2.24, 2.45) is 5.92 Å². The first-order valence-electron chi connectivity index (χ1n) is 5.66. The molecule has 5 heteroatoms. The van der Waals surface area contributed by atoms with Crippen LogP contribution >= 0.6 is 0 Å². The van der Waals surface area contributed by atoms with E-state index in [0.29, 0.717) is 12.6 Å². The van der Waals surface area contributed by atoms with E-state index in [4.69, 9.17) is 10.5 Å². The molecule has 2 rings (SSSR count). The van der Waals surface area contributed by atoms with Crippen LogP contribution in [-0.4, -0.2) is 29.7 Å². The first-order chi connectivity index (χ1) is 7.75. The Morgan fingerprint density at radius 1 is 1.56 bits per heavy atom. The molecule has 0 atom stereocenters. The van der Waals surface area contributed by atoms with Crippen molar-refractivity contribution in [2.45, 2.75) is 19.8 Å². The summed E-state index contributed by atoms with van der Waals surface area (Å²) in [7, 11) is 0. The highest BCUT2D eigenvalue weighted by molar-refractivity contribution is 5.44. The average molecular weight is 222 g/mol. The molecule has 1 saturated carbocycles. The van der Waals surface area contributed by atoms with Crippen LogP contribution in [0.25, 0.3) is 0 Å². The molecule has 16 heavy (non-hydrogen) atoms. The fourth-order valence-corrected chi connectivity index (χ4v) is 1.41. The predicted octanol–water partition coefficient (Wildman–Crippen LogP) is 1.21. The van der Waals surface area contributed by atoms with Gasteiger partial charge in [-0.2, -0.15) is 4.98 Å². The molecule has 0 spiro atoms. The third-order valence-corrected chi connectivity index (χ3v) is 2.58. The number of rotatable bonds is 6. The second kappa shape index (κ2) is 5.12. The van der Waals surface area contributed by atoms with Crippen LogP contribution in [0.5, 0.6) is 0 Å². The van der Waals surface area contributed by atoms with Crippen LogP contribution in [0.3, 0.4) is 0 Å². The molecular formula is C11H18N4O. The Balaban J connectivity index is 1.69. The Morgan fingerprint density at radius 3 is 3.12 bits per heavy atom. The van der Waals surface area contributed by atoms with Crippen molar-refractivity contribution in [1.29, 1.82) is 0 Å². The zero-order valence-electron chi connectivity index (χ0n) is 9.57. The van der Waals surface area contributed by atoms with Gasteiger partial charge in [-0.15, -0.1) is 0 Å². The molecule has 88 valence electrons. The Kier molecular flexibility index (Phi) is 3.56. The summed E-state index contributed by atoms with van der Waals surface area (Å²) in [5.74, 6) is 1.91. The van der Waals surface area contributed by atoms with Gasteiger partial charge in [0.25, 0.3) is 0 Å². The number of nitrogen functional groups attached to an aromatic ring is 1. The number of hydrogen-bond acceptors (Lipinski definition) is 5. The molecule has 0 bridgehead atoms. The van der Waals surface area contributed by atoms with E-state index in [1.165, 1.54) is 12.8 Å². The highest BCUT2D eigenvalue weighted by atomic mass is 16.5. The van der Waals surface area contributed by atoms with Crippen molar-refractivity contribution in [3.8, 4) is 0 Å². The molecule has 0 unspecified atom stereocenters. The number of anilines is 2. The van der Waals surface area contributed by atoms with Crippen molar-refractivity contribution in [3.05, 3.63) is 11.8 Å². The third-order valence-electron chi connectivity index (χ3n) is 2.58. The second-order valence-corrected chi connectivity index (χ2v) is 4.20. The Morgan fingerprint density at radius 2 is 2.38 bits per heavy atom. The molecule has 3 N–H and O–H groups in total. The maximum atomic E-state index is 5.51. The van der Waals surface area contributed by atoms with Gasteiger partial charge in [0.1, 0.15) is 5.82 Å². The van der Waals surface area contributed by atoms with Crippen molar-refractivity contribution in [3.63, 3.8) is 0 Å². The Bertz CT molecular complexity index is 352. The largest absolute Gasteiger partial charge is 0.379 e. The molecule has 1 heterocycles. The molecule has 1 aromatic heterocycles. The number of hydrogen-bond donors (Lipinski definition) is 2. The molecule has 0 radical (unpaired) electrons. The summed E-state index contributed by atoms with van der Waals surface area (Å²) in [4.78, 5) is 8.03. The highest BCUT2D eigenvalue weighted by Gasteiger charge is 2.20. The predicted molar refractivity (Wildman–Crippen MR) is 63.2 cm³/mol. The fourth-order valence-electron chi connectivity index (χ4n) is 1.41. The van der Waals surface area contributed by atoms with Gasteiger partial charge in [-0.05, 0) is 25.7 Å². The van der Waals surface area contributed by atoms with Crippen molar-refractivity contribution in [2.75, 3.05) is 30.8 Å². The number of nitrogens with one attached hydrogen (secondary N) is 1. The fraction of sp³-hybridized carbons (Fsp3) is 0.636. The summed E-state index contributed by atoms with van der Waals surface area (Å²) in [6.07, 6.45) is 4.37. The summed E-state index contributed by atoms with van der Waals surface area (Å²) >= 11 is 0. The molecular weight excluding hydrogens is 204 g/mol. The zero-order valence-corrected chi connectivity index (χ0v) is 9.57. The van der Waals surface area contributed by atoms with E-state index in [0.717, 1.165) is 30.5 Å². The lowest BCUT2D eigenvalue weighted by atomic mass is 10.3. The van der Waals surface area contributed by atoms with Crippen LogP contribution in [0.2, 0.25) is 0 Å². The molecule has 1 aliphatic carbocycles. The van der Waals surface area contributed by atoms with Crippen LogP contribution in [-0.2, 0) is 4.74 Å². The van der Waals surface area contributed by atoms with Gasteiger partial charge in [0.05, 0.1) is 6.61 Å². The first-order valence-corrected chi connectivity index (χ1v) is 5.66. The normalized spacial score (nSPS) is 15.1. The Labute approximate surface area is 95.4 Å². The molecule has 0 aromatic carbocycles. The maximum absolute atomic E-state index is 5.51. The summed E-state index contributed by atoms with van der Waals surface area (Å²) in [6, 6.07) is 0. The van der Waals surface area contributed by atoms with Crippen molar-refractivity contribution >= 4 is 11.8 Å². The van der Waals surface area contributed by atoms with Crippen LogP contribution in [0.4, 0.5) is 11.8 Å². The number of aromatic nitrogens is 2. The van der Waals surface area contributed by atoms with E-state index in [9.17, 15) is 0 Å². The van der Waals surface area contributed by atoms with E-state index < -0.39 is 0 Å². The standard InChI is InChI=1S/C11H18N4O/c1-8-6-14-11(12)15-10(8)13-4-5-16-7-9-2-3-9/h6,9H,2-5,7H2,1H3,(H3,12,13,14,15). The van der Waals surface area contributed by atoms with Gasteiger partial charge in [0.15, 0.2) is 0 Å². The van der Waals surface area contributed by atoms with Gasteiger partial charge in [-0.3, -0.25) is 0 Å². The molecule has 1 aliphatic rings. The number of ether oxygens (including phenoxy) is 1. The van der Waals surface area contributed by atoms with Crippen LogP contribution in [0, 0.1) is 12.8 Å². The summed E-state index contributed by atoms with van der Waals surface area (Å²) in [5.41, 5.74) is 6.51. The van der Waals surface area contributed by atoms with E-state index >= 15 is 0 Å². The summed E-state index contributed by atoms with van der Waals surface area (Å²) < 4.78 is 5.51. The number of nitrogens with zero attached hydrogens (tertiary/aromatic N) is 2.